The van der Waals surface area contributed by atoms with Crippen LogP contribution in [0.2, 0.25) is 0 Å². The Hall–Kier alpha value is -1.23. The van der Waals surface area contributed by atoms with Gasteiger partial charge < -0.3 is 10.2 Å². The van der Waals surface area contributed by atoms with Crippen LogP contribution >= 0.6 is 0 Å². The highest BCUT2D eigenvalue weighted by Gasteiger charge is 2.31. The molecule has 1 aromatic carbocycles. The molecule has 1 N–H and O–H groups in total. The number of hydrogen-bond acceptors (Lipinski definition) is 2. The minimum Gasteiger partial charge on any atom is -0.370 e. The number of rotatable bonds is 3. The summed E-state index contributed by atoms with van der Waals surface area (Å²) in [6.45, 7) is 4.53. The van der Waals surface area contributed by atoms with Crippen LogP contribution in [0.15, 0.2) is 24.3 Å². The Morgan fingerprint density at radius 2 is 2.16 bits per heavy atom. The standard InChI is InChI=1S/C14H19F3N2/c1-2-18-12-6-4-8-19(10-12)13-7-3-5-11(9-13)14(15,16)17/h3,5,7,9,12,18H,2,4,6,8,10H2,1H3. The second-order valence-electron chi connectivity index (χ2n) is 4.89. The first kappa shape index (κ1) is 14.2. The third kappa shape index (κ3) is 3.62. The van der Waals surface area contributed by atoms with Gasteiger partial charge in [0.2, 0.25) is 0 Å². The Bertz CT molecular complexity index is 415. The molecule has 0 spiro atoms. The lowest BCUT2D eigenvalue weighted by atomic mass is 10.0. The predicted molar refractivity (Wildman–Crippen MR) is 70.4 cm³/mol. The van der Waals surface area contributed by atoms with Crippen molar-refractivity contribution in [3.63, 3.8) is 0 Å². The largest absolute Gasteiger partial charge is 0.416 e. The van der Waals surface area contributed by atoms with Crippen molar-refractivity contribution in [1.29, 1.82) is 0 Å². The van der Waals surface area contributed by atoms with E-state index in [0.29, 0.717) is 11.7 Å². The first-order valence-corrected chi connectivity index (χ1v) is 6.66. The smallest absolute Gasteiger partial charge is 0.370 e. The van der Waals surface area contributed by atoms with Crippen molar-refractivity contribution in [2.24, 2.45) is 0 Å². The Morgan fingerprint density at radius 1 is 1.37 bits per heavy atom. The molecule has 2 nitrogen and oxygen atoms in total. The molecule has 0 bridgehead atoms. The van der Waals surface area contributed by atoms with Crippen LogP contribution < -0.4 is 10.2 Å². The molecule has 1 aliphatic heterocycles. The van der Waals surface area contributed by atoms with E-state index in [1.54, 1.807) is 6.07 Å². The third-order valence-electron chi connectivity index (χ3n) is 3.45. The number of hydrogen-bond donors (Lipinski definition) is 1. The molecule has 1 atom stereocenters. The summed E-state index contributed by atoms with van der Waals surface area (Å²) < 4.78 is 38.1. The lowest BCUT2D eigenvalue weighted by Gasteiger charge is -2.35. The fraction of sp³-hybridized carbons (Fsp3) is 0.571. The fourth-order valence-corrected chi connectivity index (χ4v) is 2.55. The van der Waals surface area contributed by atoms with Gasteiger partial charge in [-0.3, -0.25) is 0 Å². The number of anilines is 1. The van der Waals surface area contributed by atoms with Gasteiger partial charge in [-0.15, -0.1) is 0 Å². The van der Waals surface area contributed by atoms with E-state index in [2.05, 4.69) is 5.32 Å². The SMILES string of the molecule is CCNC1CCCN(c2cccc(C(F)(F)F)c2)C1. The lowest BCUT2D eigenvalue weighted by Crippen LogP contribution is -2.45. The van der Waals surface area contributed by atoms with Gasteiger partial charge in [-0.05, 0) is 37.6 Å². The van der Waals surface area contributed by atoms with E-state index >= 15 is 0 Å². The number of nitrogens with zero attached hydrogens (tertiary/aromatic N) is 1. The van der Waals surface area contributed by atoms with E-state index in [1.807, 2.05) is 11.8 Å². The normalized spacial score (nSPS) is 20.6. The molecule has 0 amide bonds. The summed E-state index contributed by atoms with van der Waals surface area (Å²) in [5.41, 5.74) is 0.0907. The van der Waals surface area contributed by atoms with E-state index in [0.717, 1.165) is 38.5 Å². The Labute approximate surface area is 111 Å². The van der Waals surface area contributed by atoms with Crippen LogP contribution in [0.1, 0.15) is 25.3 Å². The zero-order chi connectivity index (χ0) is 13.9. The summed E-state index contributed by atoms with van der Waals surface area (Å²) in [7, 11) is 0. The van der Waals surface area contributed by atoms with Crippen LogP contribution in [0.3, 0.4) is 0 Å². The van der Waals surface area contributed by atoms with Gasteiger partial charge in [0, 0.05) is 24.8 Å². The molecule has 1 aliphatic rings. The maximum Gasteiger partial charge on any atom is 0.416 e. The van der Waals surface area contributed by atoms with Crippen LogP contribution in [-0.2, 0) is 6.18 Å². The van der Waals surface area contributed by atoms with Crippen molar-refractivity contribution in [2.75, 3.05) is 24.5 Å². The van der Waals surface area contributed by atoms with Gasteiger partial charge in [-0.25, -0.2) is 0 Å². The molecule has 1 heterocycles. The Kier molecular flexibility index (Phi) is 4.34. The van der Waals surface area contributed by atoms with E-state index in [9.17, 15) is 13.2 Å². The van der Waals surface area contributed by atoms with E-state index in [-0.39, 0.29) is 0 Å². The highest BCUT2D eigenvalue weighted by atomic mass is 19.4. The highest BCUT2D eigenvalue weighted by Crippen LogP contribution is 2.32. The van der Waals surface area contributed by atoms with Crippen molar-refractivity contribution >= 4 is 5.69 Å². The van der Waals surface area contributed by atoms with Crippen molar-refractivity contribution in [1.82, 2.24) is 5.32 Å². The zero-order valence-corrected chi connectivity index (χ0v) is 11.0. The first-order chi connectivity index (χ1) is 9.00. The van der Waals surface area contributed by atoms with Crippen LogP contribution in [-0.4, -0.2) is 25.7 Å². The van der Waals surface area contributed by atoms with Crippen molar-refractivity contribution in [3.05, 3.63) is 29.8 Å². The quantitative estimate of drug-likeness (QED) is 0.908. The lowest BCUT2D eigenvalue weighted by molar-refractivity contribution is -0.137. The molecule has 5 heteroatoms. The minimum atomic E-state index is -4.27. The van der Waals surface area contributed by atoms with Crippen molar-refractivity contribution in [2.45, 2.75) is 32.0 Å². The van der Waals surface area contributed by atoms with Gasteiger partial charge in [0.15, 0.2) is 0 Å². The molecular formula is C14H19F3N2. The molecule has 0 radical (unpaired) electrons. The molecule has 1 unspecified atom stereocenters. The predicted octanol–water partition coefficient (Wildman–Crippen LogP) is 3.28. The number of nitrogens with one attached hydrogen (secondary N) is 1. The van der Waals surface area contributed by atoms with Crippen LogP contribution in [0.4, 0.5) is 18.9 Å². The zero-order valence-electron chi connectivity index (χ0n) is 11.0. The third-order valence-corrected chi connectivity index (χ3v) is 3.45. The van der Waals surface area contributed by atoms with Crippen LogP contribution in [0.25, 0.3) is 0 Å². The molecule has 106 valence electrons. The summed E-state index contributed by atoms with van der Waals surface area (Å²) in [6, 6.07) is 5.97. The second kappa shape index (κ2) is 5.82. The van der Waals surface area contributed by atoms with Crippen LogP contribution in [0, 0.1) is 0 Å². The minimum absolute atomic E-state index is 0.369. The van der Waals surface area contributed by atoms with Gasteiger partial charge >= 0.3 is 6.18 Å². The van der Waals surface area contributed by atoms with E-state index < -0.39 is 11.7 Å². The van der Waals surface area contributed by atoms with Gasteiger partial charge in [-0.2, -0.15) is 13.2 Å². The average Bonchev–Trinajstić information content (AvgIpc) is 2.39. The monoisotopic (exact) mass is 272 g/mol. The molecular weight excluding hydrogens is 253 g/mol. The Morgan fingerprint density at radius 3 is 2.84 bits per heavy atom. The summed E-state index contributed by atoms with van der Waals surface area (Å²) in [5, 5.41) is 3.37. The fourth-order valence-electron chi connectivity index (χ4n) is 2.55. The van der Waals surface area contributed by atoms with Gasteiger partial charge in [0.05, 0.1) is 5.56 Å². The van der Waals surface area contributed by atoms with E-state index in [4.69, 9.17) is 0 Å². The van der Waals surface area contributed by atoms with Gasteiger partial charge in [0.25, 0.3) is 0 Å². The highest BCUT2D eigenvalue weighted by molar-refractivity contribution is 5.49. The number of alkyl halides is 3. The number of likely N-dealkylation sites (N-methyl/N-ethyl adjacent to an activating group) is 1. The maximum absolute atomic E-state index is 12.7. The molecule has 2 rings (SSSR count). The van der Waals surface area contributed by atoms with Crippen molar-refractivity contribution in [3.8, 4) is 0 Å². The van der Waals surface area contributed by atoms with Gasteiger partial charge in [-0.1, -0.05) is 13.0 Å². The molecule has 1 aromatic rings. The molecule has 1 fully saturated rings. The van der Waals surface area contributed by atoms with E-state index in [1.165, 1.54) is 12.1 Å². The summed E-state index contributed by atoms with van der Waals surface area (Å²) in [5.74, 6) is 0. The number of halogens is 3. The molecule has 0 aliphatic carbocycles. The average molecular weight is 272 g/mol. The summed E-state index contributed by atoms with van der Waals surface area (Å²) in [6.07, 6.45) is -2.18. The first-order valence-electron chi connectivity index (χ1n) is 6.66. The Balaban J connectivity index is 2.13. The number of piperidine rings is 1. The van der Waals surface area contributed by atoms with Crippen molar-refractivity contribution < 1.29 is 13.2 Å². The molecule has 0 aromatic heterocycles. The molecule has 1 saturated heterocycles. The molecule has 0 saturated carbocycles. The maximum atomic E-state index is 12.7. The van der Waals surface area contributed by atoms with Gasteiger partial charge in [0.1, 0.15) is 0 Å². The summed E-state index contributed by atoms with van der Waals surface area (Å²) in [4.78, 5) is 2.03. The number of benzene rings is 1. The second-order valence-corrected chi connectivity index (χ2v) is 4.89. The topological polar surface area (TPSA) is 15.3 Å². The summed E-state index contributed by atoms with van der Waals surface area (Å²) >= 11 is 0. The van der Waals surface area contributed by atoms with Crippen LogP contribution in [0.5, 0.6) is 0 Å². The molecule has 19 heavy (non-hydrogen) atoms.